The second-order valence-electron chi connectivity index (χ2n) is 8.29. The number of amides is 3. The first-order valence-corrected chi connectivity index (χ1v) is 11.3. The van der Waals surface area contributed by atoms with Gasteiger partial charge in [-0.1, -0.05) is 44.2 Å². The molecule has 0 aliphatic heterocycles. The summed E-state index contributed by atoms with van der Waals surface area (Å²) in [6.45, 7) is 5.02. The van der Waals surface area contributed by atoms with Crippen molar-refractivity contribution in [2.24, 2.45) is 11.7 Å². The molecule has 5 atom stereocenters. The standard InChI is InChI=1S/C22H34N4O6S/c1-12(2)9-16(22(31)32)25-19(28)15(10-14-7-5-4-6-8-14)24-20(29)17(11-33)26-21(30)18(23)13(3)27/h4-8,12-13,15-18,27,33H,9-11,23H2,1-3H3,(H,24,29)(H,25,28)(H,26,30)(H,31,32). The predicted molar refractivity (Wildman–Crippen MR) is 127 cm³/mol. The van der Waals surface area contributed by atoms with E-state index in [0.29, 0.717) is 0 Å². The molecule has 5 unspecified atom stereocenters. The normalized spacial score (nSPS) is 15.6. The Morgan fingerprint density at radius 1 is 0.909 bits per heavy atom. The third kappa shape index (κ3) is 9.80. The number of nitrogens with two attached hydrogens (primary N) is 1. The van der Waals surface area contributed by atoms with Gasteiger partial charge < -0.3 is 31.9 Å². The van der Waals surface area contributed by atoms with Crippen LogP contribution in [0.15, 0.2) is 30.3 Å². The van der Waals surface area contributed by atoms with E-state index in [4.69, 9.17) is 5.73 Å². The Morgan fingerprint density at radius 3 is 1.91 bits per heavy atom. The van der Waals surface area contributed by atoms with Gasteiger partial charge in [-0.05, 0) is 24.8 Å². The highest BCUT2D eigenvalue weighted by molar-refractivity contribution is 7.80. The maximum atomic E-state index is 13.0. The van der Waals surface area contributed by atoms with Crippen molar-refractivity contribution in [1.29, 1.82) is 0 Å². The van der Waals surface area contributed by atoms with E-state index >= 15 is 0 Å². The Balaban J connectivity index is 3.03. The van der Waals surface area contributed by atoms with E-state index in [-0.39, 0.29) is 24.5 Å². The molecule has 1 rings (SSSR count). The Morgan fingerprint density at radius 2 is 1.42 bits per heavy atom. The van der Waals surface area contributed by atoms with Crippen LogP contribution in [0.5, 0.6) is 0 Å². The van der Waals surface area contributed by atoms with E-state index < -0.39 is 54.0 Å². The van der Waals surface area contributed by atoms with Crippen molar-refractivity contribution in [3.8, 4) is 0 Å². The molecule has 0 aromatic heterocycles. The number of carbonyl (C=O) groups is 4. The van der Waals surface area contributed by atoms with Crippen LogP contribution in [0.25, 0.3) is 0 Å². The summed E-state index contributed by atoms with van der Waals surface area (Å²) >= 11 is 4.09. The monoisotopic (exact) mass is 482 g/mol. The molecule has 0 fully saturated rings. The number of carboxylic acid groups (broad SMARTS) is 1. The minimum absolute atomic E-state index is 0.0236. The lowest BCUT2D eigenvalue weighted by Gasteiger charge is -2.25. The van der Waals surface area contributed by atoms with Crippen molar-refractivity contribution in [2.75, 3.05) is 5.75 Å². The summed E-state index contributed by atoms with van der Waals surface area (Å²) in [6.07, 6.45) is -0.800. The zero-order valence-electron chi connectivity index (χ0n) is 19.0. The maximum absolute atomic E-state index is 13.0. The molecule has 0 spiro atoms. The molecular formula is C22H34N4O6S. The first-order chi connectivity index (χ1) is 15.5. The minimum atomic E-state index is -1.24. The highest BCUT2D eigenvalue weighted by Crippen LogP contribution is 2.08. The predicted octanol–water partition coefficient (Wildman–Crippen LogP) is -0.548. The molecule has 0 saturated heterocycles. The number of thiol groups is 1. The number of nitrogens with one attached hydrogen (secondary N) is 3. The van der Waals surface area contributed by atoms with E-state index in [9.17, 15) is 29.4 Å². The number of aliphatic hydroxyl groups is 1. The molecule has 33 heavy (non-hydrogen) atoms. The number of carbonyl (C=O) groups excluding carboxylic acids is 3. The fourth-order valence-electron chi connectivity index (χ4n) is 2.98. The van der Waals surface area contributed by atoms with Crippen molar-refractivity contribution < 1.29 is 29.4 Å². The van der Waals surface area contributed by atoms with Gasteiger partial charge in [-0.25, -0.2) is 4.79 Å². The van der Waals surface area contributed by atoms with Crippen LogP contribution in [0.4, 0.5) is 0 Å². The van der Waals surface area contributed by atoms with Gasteiger partial charge in [-0.2, -0.15) is 12.6 Å². The average molecular weight is 483 g/mol. The summed E-state index contributed by atoms with van der Waals surface area (Å²) in [6, 6.07) is 4.33. The molecule has 0 radical (unpaired) electrons. The van der Waals surface area contributed by atoms with Gasteiger partial charge in [-0.15, -0.1) is 0 Å². The van der Waals surface area contributed by atoms with Gasteiger partial charge in [0.1, 0.15) is 24.2 Å². The second-order valence-corrected chi connectivity index (χ2v) is 8.66. The van der Waals surface area contributed by atoms with Crippen molar-refractivity contribution in [3.05, 3.63) is 35.9 Å². The summed E-state index contributed by atoms with van der Waals surface area (Å²) in [5.74, 6) is -3.33. The number of aliphatic hydroxyl groups excluding tert-OH is 1. The van der Waals surface area contributed by atoms with E-state index in [0.717, 1.165) is 5.56 Å². The molecule has 0 bridgehead atoms. The number of hydrogen-bond acceptors (Lipinski definition) is 7. The maximum Gasteiger partial charge on any atom is 0.326 e. The van der Waals surface area contributed by atoms with Crippen LogP contribution in [-0.4, -0.2) is 69.9 Å². The molecule has 0 heterocycles. The van der Waals surface area contributed by atoms with Crippen molar-refractivity contribution >= 4 is 36.3 Å². The van der Waals surface area contributed by atoms with Gasteiger partial charge in [-0.3, -0.25) is 14.4 Å². The molecule has 1 aromatic rings. The Labute approximate surface area is 199 Å². The van der Waals surface area contributed by atoms with Gasteiger partial charge in [0, 0.05) is 12.2 Å². The number of aliphatic carboxylic acids is 1. The smallest absolute Gasteiger partial charge is 0.326 e. The average Bonchev–Trinajstić information content (AvgIpc) is 2.75. The number of hydrogen-bond donors (Lipinski definition) is 7. The van der Waals surface area contributed by atoms with Gasteiger partial charge in [0.05, 0.1) is 6.10 Å². The van der Waals surface area contributed by atoms with E-state index in [1.54, 1.807) is 30.3 Å². The lowest BCUT2D eigenvalue weighted by molar-refractivity contribution is -0.142. The van der Waals surface area contributed by atoms with Gasteiger partial charge in [0.25, 0.3) is 0 Å². The summed E-state index contributed by atoms with van der Waals surface area (Å²) in [5, 5.41) is 26.4. The summed E-state index contributed by atoms with van der Waals surface area (Å²) in [5.41, 5.74) is 6.35. The van der Waals surface area contributed by atoms with Gasteiger partial charge in [0.15, 0.2) is 0 Å². The van der Waals surface area contributed by atoms with Crippen LogP contribution in [-0.2, 0) is 25.6 Å². The minimum Gasteiger partial charge on any atom is -0.480 e. The summed E-state index contributed by atoms with van der Waals surface area (Å²) < 4.78 is 0. The Bertz CT molecular complexity index is 805. The van der Waals surface area contributed by atoms with Crippen LogP contribution in [0.2, 0.25) is 0 Å². The zero-order chi connectivity index (χ0) is 25.1. The molecular weight excluding hydrogens is 448 g/mol. The molecule has 0 saturated carbocycles. The molecule has 1 aromatic carbocycles. The van der Waals surface area contributed by atoms with E-state index in [1.807, 2.05) is 13.8 Å². The summed E-state index contributed by atoms with van der Waals surface area (Å²) in [4.78, 5) is 49.5. The molecule has 184 valence electrons. The molecule has 10 nitrogen and oxygen atoms in total. The largest absolute Gasteiger partial charge is 0.480 e. The van der Waals surface area contributed by atoms with Crippen molar-refractivity contribution in [1.82, 2.24) is 16.0 Å². The highest BCUT2D eigenvalue weighted by atomic mass is 32.1. The highest BCUT2D eigenvalue weighted by Gasteiger charge is 2.30. The molecule has 7 N–H and O–H groups in total. The van der Waals surface area contributed by atoms with Crippen LogP contribution in [0.1, 0.15) is 32.8 Å². The van der Waals surface area contributed by atoms with Gasteiger partial charge >= 0.3 is 5.97 Å². The lowest BCUT2D eigenvalue weighted by Crippen LogP contribution is -2.59. The van der Waals surface area contributed by atoms with Crippen LogP contribution < -0.4 is 21.7 Å². The number of benzene rings is 1. The Kier molecular flexibility index (Phi) is 11.9. The van der Waals surface area contributed by atoms with Gasteiger partial charge in [0.2, 0.25) is 17.7 Å². The molecule has 3 amide bonds. The van der Waals surface area contributed by atoms with E-state index in [2.05, 4.69) is 28.6 Å². The van der Waals surface area contributed by atoms with E-state index in [1.165, 1.54) is 6.92 Å². The van der Waals surface area contributed by atoms with Crippen molar-refractivity contribution in [3.63, 3.8) is 0 Å². The fourth-order valence-corrected chi connectivity index (χ4v) is 3.23. The van der Waals surface area contributed by atoms with Crippen LogP contribution >= 0.6 is 12.6 Å². The number of rotatable bonds is 13. The molecule has 11 heteroatoms. The quantitative estimate of drug-likeness (QED) is 0.185. The molecule has 0 aliphatic carbocycles. The number of carboxylic acids is 1. The second kappa shape index (κ2) is 13.8. The topological polar surface area (TPSA) is 171 Å². The third-order valence-electron chi connectivity index (χ3n) is 4.88. The Hall–Kier alpha value is -2.63. The first-order valence-electron chi connectivity index (χ1n) is 10.7. The third-order valence-corrected chi connectivity index (χ3v) is 5.24. The van der Waals surface area contributed by atoms with Crippen molar-refractivity contribution in [2.45, 2.75) is 63.9 Å². The fraction of sp³-hybridized carbons (Fsp3) is 0.545. The first kappa shape index (κ1) is 28.4. The molecule has 0 aliphatic rings. The zero-order valence-corrected chi connectivity index (χ0v) is 19.9. The van der Waals surface area contributed by atoms with Crippen LogP contribution in [0, 0.1) is 5.92 Å². The lowest BCUT2D eigenvalue weighted by atomic mass is 10.0. The SMILES string of the molecule is CC(C)CC(NC(=O)C(Cc1ccccc1)NC(=O)C(CS)NC(=O)C(N)C(C)O)C(=O)O. The summed E-state index contributed by atoms with van der Waals surface area (Å²) in [7, 11) is 0. The van der Waals surface area contributed by atoms with Crippen LogP contribution in [0.3, 0.4) is 0 Å².